The molecule has 0 aliphatic carbocycles. The summed E-state index contributed by atoms with van der Waals surface area (Å²) in [5.74, 6) is -2.84. The highest BCUT2D eigenvalue weighted by molar-refractivity contribution is 7.87. The first-order chi connectivity index (χ1) is 19.0. The lowest BCUT2D eigenvalue weighted by molar-refractivity contribution is -0.140. The molecule has 2 unspecified atom stereocenters. The summed E-state index contributed by atoms with van der Waals surface area (Å²) in [6.45, 7) is 0.236. The van der Waals surface area contributed by atoms with Crippen LogP contribution in [-0.2, 0) is 26.3 Å². The number of nitrogens with zero attached hydrogens (tertiary/aromatic N) is 1. The fourth-order valence-electron chi connectivity index (χ4n) is 5.01. The van der Waals surface area contributed by atoms with Gasteiger partial charge in [0, 0.05) is 19.0 Å². The van der Waals surface area contributed by atoms with E-state index in [1.807, 2.05) is 12.1 Å². The number of hydrogen-bond donors (Lipinski definition) is 5. The fourth-order valence-corrected chi connectivity index (χ4v) is 5.60. The monoisotopic (exact) mass is 566 g/mol. The van der Waals surface area contributed by atoms with Crippen molar-refractivity contribution in [2.24, 2.45) is 10.9 Å². The summed E-state index contributed by atoms with van der Waals surface area (Å²) in [5, 5.41) is 15.5. The largest absolute Gasteiger partial charge is 0.384 e. The van der Waals surface area contributed by atoms with Gasteiger partial charge in [-0.1, -0.05) is 66.7 Å². The number of rotatable bonds is 10. The summed E-state index contributed by atoms with van der Waals surface area (Å²) in [6, 6.07) is 19.9. The van der Waals surface area contributed by atoms with Crippen LogP contribution in [0.15, 0.2) is 78.9 Å². The van der Waals surface area contributed by atoms with E-state index >= 15 is 0 Å². The van der Waals surface area contributed by atoms with E-state index in [0.717, 1.165) is 0 Å². The molecule has 0 bridgehead atoms. The van der Waals surface area contributed by atoms with Gasteiger partial charge in [-0.15, -0.1) is 0 Å². The quantitative estimate of drug-likeness (QED) is 0.185. The second kappa shape index (κ2) is 12.4. The van der Waals surface area contributed by atoms with Crippen LogP contribution >= 0.6 is 0 Å². The standard InChI is InChI=1S/C28H31FN6O4S/c29-22-16-18(13-14-21(22)26(30)31)17-33-27(36)23-12-7-15-35(23)28(37)25(34-40(32,38)39)24(19-8-3-1-4-9-19)20-10-5-2-6-11-20/h1-6,8-11,13-14,16,23-25,34H,7,12,15,17H2,(H3,30,31)(H,33,36)(H2,32,38,39). The van der Waals surface area contributed by atoms with Gasteiger partial charge >= 0.3 is 0 Å². The fraction of sp³-hybridized carbons (Fsp3) is 0.250. The number of nitrogens with two attached hydrogens (primary N) is 2. The van der Waals surface area contributed by atoms with Crippen LogP contribution in [0.4, 0.5) is 4.39 Å². The predicted molar refractivity (Wildman–Crippen MR) is 149 cm³/mol. The molecule has 10 nitrogen and oxygen atoms in total. The van der Waals surface area contributed by atoms with Crippen LogP contribution in [0.25, 0.3) is 0 Å². The van der Waals surface area contributed by atoms with Crippen molar-refractivity contribution < 1.29 is 22.4 Å². The first-order valence-corrected chi connectivity index (χ1v) is 14.2. The molecule has 12 heteroatoms. The molecule has 0 spiro atoms. The Morgan fingerprint density at radius 2 is 1.62 bits per heavy atom. The van der Waals surface area contributed by atoms with E-state index < -0.39 is 51.7 Å². The molecular formula is C28H31FN6O4S. The molecule has 3 aromatic carbocycles. The van der Waals surface area contributed by atoms with E-state index in [-0.39, 0.29) is 18.7 Å². The number of nitrogen functional groups attached to an aromatic ring is 1. The van der Waals surface area contributed by atoms with Crippen LogP contribution in [0.2, 0.25) is 0 Å². The highest BCUT2D eigenvalue weighted by atomic mass is 32.2. The minimum absolute atomic E-state index is 0.0119. The molecule has 1 aliphatic rings. The average Bonchev–Trinajstić information content (AvgIpc) is 3.41. The molecule has 4 rings (SSSR count). The summed E-state index contributed by atoms with van der Waals surface area (Å²) < 4.78 is 41.1. The summed E-state index contributed by atoms with van der Waals surface area (Å²) >= 11 is 0. The molecule has 0 aromatic heterocycles. The maximum atomic E-state index is 14.2. The molecule has 3 aromatic rings. The van der Waals surface area contributed by atoms with Crippen LogP contribution in [0, 0.1) is 11.2 Å². The smallest absolute Gasteiger partial charge is 0.275 e. The number of likely N-dealkylation sites (tertiary alicyclic amines) is 1. The number of hydrogen-bond acceptors (Lipinski definition) is 5. The Morgan fingerprint density at radius 1 is 1.02 bits per heavy atom. The summed E-state index contributed by atoms with van der Waals surface area (Å²) in [5.41, 5.74) is 7.16. The third-order valence-corrected chi connectivity index (χ3v) is 7.42. The van der Waals surface area contributed by atoms with Crippen LogP contribution in [0.5, 0.6) is 0 Å². The Labute approximate surface area is 232 Å². The molecule has 0 saturated carbocycles. The highest BCUT2D eigenvalue weighted by Crippen LogP contribution is 2.31. The van der Waals surface area contributed by atoms with Crippen molar-refractivity contribution >= 4 is 27.9 Å². The average molecular weight is 567 g/mol. The molecule has 1 heterocycles. The van der Waals surface area contributed by atoms with Crippen LogP contribution < -0.4 is 20.9 Å². The number of benzene rings is 3. The Bertz CT molecular complexity index is 1450. The lowest BCUT2D eigenvalue weighted by Crippen LogP contribution is -2.56. The van der Waals surface area contributed by atoms with Gasteiger partial charge in [0.1, 0.15) is 23.7 Å². The molecular weight excluding hydrogens is 535 g/mol. The van der Waals surface area contributed by atoms with E-state index in [1.54, 1.807) is 54.6 Å². The third-order valence-electron chi connectivity index (χ3n) is 6.84. The molecule has 210 valence electrons. The zero-order valence-electron chi connectivity index (χ0n) is 21.6. The van der Waals surface area contributed by atoms with Gasteiger partial charge in [-0.3, -0.25) is 15.0 Å². The number of amides is 2. The predicted octanol–water partition coefficient (Wildman–Crippen LogP) is 1.71. The number of carbonyl (C=O) groups excluding carboxylic acids is 2. The van der Waals surface area contributed by atoms with E-state index in [2.05, 4.69) is 10.0 Å². The molecule has 1 aliphatic heterocycles. The Balaban J connectivity index is 1.59. The van der Waals surface area contributed by atoms with Crippen molar-refractivity contribution in [1.29, 1.82) is 5.41 Å². The normalized spacial score (nSPS) is 16.1. The molecule has 2 amide bonds. The van der Waals surface area contributed by atoms with Crippen molar-refractivity contribution in [3.63, 3.8) is 0 Å². The molecule has 1 fully saturated rings. The van der Waals surface area contributed by atoms with Gasteiger partial charge < -0.3 is 16.0 Å². The van der Waals surface area contributed by atoms with Crippen molar-refractivity contribution in [1.82, 2.24) is 14.9 Å². The highest BCUT2D eigenvalue weighted by Gasteiger charge is 2.42. The lowest BCUT2D eigenvalue weighted by Gasteiger charge is -2.33. The van der Waals surface area contributed by atoms with E-state index in [9.17, 15) is 22.4 Å². The maximum absolute atomic E-state index is 14.2. The Morgan fingerprint density at radius 3 is 2.15 bits per heavy atom. The van der Waals surface area contributed by atoms with Crippen LogP contribution in [0.3, 0.4) is 0 Å². The van der Waals surface area contributed by atoms with Crippen LogP contribution in [0.1, 0.15) is 41.0 Å². The van der Waals surface area contributed by atoms with Crippen molar-refractivity contribution in [3.8, 4) is 0 Å². The van der Waals surface area contributed by atoms with Gasteiger partial charge in [0.05, 0.1) is 5.56 Å². The summed E-state index contributed by atoms with van der Waals surface area (Å²) in [7, 11) is -4.31. The van der Waals surface area contributed by atoms with Gasteiger partial charge in [0.15, 0.2) is 0 Å². The minimum atomic E-state index is -4.31. The lowest BCUT2D eigenvalue weighted by atomic mass is 9.84. The van der Waals surface area contributed by atoms with E-state index in [4.69, 9.17) is 16.3 Å². The number of amidine groups is 1. The molecule has 1 saturated heterocycles. The number of carbonyl (C=O) groups is 2. The van der Waals surface area contributed by atoms with Gasteiger partial charge in [-0.2, -0.15) is 13.1 Å². The van der Waals surface area contributed by atoms with Crippen LogP contribution in [-0.4, -0.2) is 49.6 Å². The molecule has 2 atom stereocenters. The molecule has 0 radical (unpaired) electrons. The first-order valence-electron chi connectivity index (χ1n) is 12.7. The number of halogens is 1. The first kappa shape index (κ1) is 28.9. The van der Waals surface area contributed by atoms with Crippen molar-refractivity contribution in [3.05, 3.63) is 107 Å². The summed E-state index contributed by atoms with van der Waals surface area (Å²) in [4.78, 5) is 28.6. The second-order valence-corrected chi connectivity index (χ2v) is 10.9. The number of nitrogens with one attached hydrogen (secondary N) is 3. The summed E-state index contributed by atoms with van der Waals surface area (Å²) in [6.07, 6.45) is 0.911. The van der Waals surface area contributed by atoms with Gasteiger partial charge in [0.25, 0.3) is 10.2 Å². The molecule has 40 heavy (non-hydrogen) atoms. The van der Waals surface area contributed by atoms with E-state index in [1.165, 1.54) is 17.0 Å². The zero-order valence-corrected chi connectivity index (χ0v) is 22.4. The van der Waals surface area contributed by atoms with Gasteiger partial charge in [0.2, 0.25) is 11.8 Å². The van der Waals surface area contributed by atoms with Gasteiger partial charge in [-0.25, -0.2) is 9.53 Å². The Kier molecular flexibility index (Phi) is 8.93. The maximum Gasteiger partial charge on any atom is 0.275 e. The third kappa shape index (κ3) is 6.89. The Hall–Kier alpha value is -4.13. The van der Waals surface area contributed by atoms with Gasteiger partial charge in [-0.05, 0) is 41.7 Å². The zero-order chi connectivity index (χ0) is 28.9. The molecule has 7 N–H and O–H groups in total. The van der Waals surface area contributed by atoms with Crippen molar-refractivity contribution in [2.75, 3.05) is 6.54 Å². The topological polar surface area (TPSA) is 171 Å². The van der Waals surface area contributed by atoms with E-state index in [0.29, 0.717) is 29.5 Å². The SMILES string of the molecule is N=C(N)c1ccc(CNC(=O)C2CCCN2C(=O)C(NS(N)(=O)=O)C(c2ccccc2)c2ccccc2)cc1F. The van der Waals surface area contributed by atoms with Crippen molar-refractivity contribution in [2.45, 2.75) is 37.4 Å². The minimum Gasteiger partial charge on any atom is -0.384 e. The second-order valence-electron chi connectivity index (χ2n) is 9.57.